The summed E-state index contributed by atoms with van der Waals surface area (Å²) in [5, 5.41) is 5.36. The van der Waals surface area contributed by atoms with Crippen molar-refractivity contribution in [3.63, 3.8) is 0 Å². The van der Waals surface area contributed by atoms with Crippen molar-refractivity contribution in [3.8, 4) is 33.5 Å². The molecule has 63 heavy (non-hydrogen) atoms. The number of amides is 4. The van der Waals surface area contributed by atoms with Crippen molar-refractivity contribution in [1.29, 1.82) is 0 Å². The summed E-state index contributed by atoms with van der Waals surface area (Å²) in [6.07, 6.45) is 3.60. The van der Waals surface area contributed by atoms with Gasteiger partial charge in [0, 0.05) is 29.3 Å². The van der Waals surface area contributed by atoms with Gasteiger partial charge in [-0.05, 0) is 90.0 Å². The molecule has 3 aromatic carbocycles. The van der Waals surface area contributed by atoms with E-state index in [4.69, 9.17) is 14.5 Å². The predicted molar refractivity (Wildman–Crippen MR) is 232 cm³/mol. The van der Waals surface area contributed by atoms with Gasteiger partial charge in [0.25, 0.3) is 5.92 Å². The molecule has 8 rings (SSSR count). The molecule has 5 atom stereocenters. The molecule has 3 aliphatic rings. The number of likely N-dealkylation sites (tertiary alicyclic amines) is 1. The summed E-state index contributed by atoms with van der Waals surface area (Å²) in [5.41, 5.74) is 4.53. The lowest BCUT2D eigenvalue weighted by Crippen LogP contribution is -2.54. The third-order valence-corrected chi connectivity index (χ3v) is 12.8. The van der Waals surface area contributed by atoms with Crippen LogP contribution in [0.5, 0.6) is 0 Å². The molecule has 0 spiro atoms. The highest BCUT2D eigenvalue weighted by Crippen LogP contribution is 2.53. The van der Waals surface area contributed by atoms with Crippen molar-refractivity contribution in [1.82, 2.24) is 40.4 Å². The molecule has 5 aromatic rings. The number of carbonyl (C=O) groups is 4. The van der Waals surface area contributed by atoms with Gasteiger partial charge in [0.15, 0.2) is 0 Å². The Kier molecular flexibility index (Phi) is 11.8. The molecule has 1 aliphatic heterocycles. The van der Waals surface area contributed by atoms with Crippen LogP contribution in [0.25, 0.3) is 44.5 Å². The lowest BCUT2D eigenvalue weighted by Gasteiger charge is -2.37. The summed E-state index contributed by atoms with van der Waals surface area (Å²) < 4.78 is 42.6. The van der Waals surface area contributed by atoms with E-state index in [-0.39, 0.29) is 59.3 Å². The molecule has 16 heteroatoms. The van der Waals surface area contributed by atoms with Crippen molar-refractivity contribution < 1.29 is 37.4 Å². The smallest absolute Gasteiger partial charge is 0.407 e. The highest BCUT2D eigenvalue weighted by atomic mass is 19.3. The number of H-pyrrole nitrogens is 2. The van der Waals surface area contributed by atoms with Gasteiger partial charge in [-0.3, -0.25) is 9.59 Å². The number of imidazole rings is 2. The van der Waals surface area contributed by atoms with Crippen molar-refractivity contribution in [2.75, 3.05) is 20.8 Å². The largest absolute Gasteiger partial charge is 0.453 e. The van der Waals surface area contributed by atoms with Crippen LogP contribution >= 0.6 is 0 Å². The van der Waals surface area contributed by atoms with Gasteiger partial charge >= 0.3 is 12.2 Å². The first-order valence-corrected chi connectivity index (χ1v) is 21.6. The molecule has 0 unspecified atom stereocenters. The summed E-state index contributed by atoms with van der Waals surface area (Å²) >= 11 is 0. The van der Waals surface area contributed by atoms with Crippen LogP contribution in [0.4, 0.5) is 18.4 Å². The number of rotatable bonds is 13. The lowest BCUT2D eigenvalue weighted by molar-refractivity contribution is -0.139. The lowest BCUT2D eigenvalue weighted by atomic mass is 9.95. The first kappa shape index (κ1) is 43.3. The average molecular weight is 865 g/mol. The molecular weight excluding hydrogens is 811 g/mol. The fourth-order valence-corrected chi connectivity index (χ4v) is 9.64. The van der Waals surface area contributed by atoms with Gasteiger partial charge < -0.3 is 39.9 Å². The minimum absolute atomic E-state index is 0.0443. The highest BCUT2D eigenvalue weighted by Gasteiger charge is 2.52. The summed E-state index contributed by atoms with van der Waals surface area (Å²) in [6.45, 7) is 9.95. The molecule has 1 saturated heterocycles. The Hall–Kier alpha value is -6.32. The van der Waals surface area contributed by atoms with Gasteiger partial charge in [-0.15, -0.1) is 0 Å². The molecule has 2 bridgehead atoms. The van der Waals surface area contributed by atoms with Crippen molar-refractivity contribution in [2.45, 2.75) is 96.9 Å². The number of nitrogens with one attached hydrogen (secondary N) is 4. The maximum absolute atomic E-state index is 16.5. The second-order valence-corrected chi connectivity index (χ2v) is 17.6. The van der Waals surface area contributed by atoms with Crippen LogP contribution in [0.15, 0.2) is 60.8 Å². The number of halogens is 2. The van der Waals surface area contributed by atoms with Crippen molar-refractivity contribution >= 4 is 35.0 Å². The van der Waals surface area contributed by atoms with E-state index in [1.54, 1.807) is 35.4 Å². The zero-order valence-corrected chi connectivity index (χ0v) is 36.6. The number of alkyl halides is 2. The Morgan fingerprint density at radius 1 is 0.857 bits per heavy atom. The number of benzene rings is 3. The van der Waals surface area contributed by atoms with E-state index in [1.807, 2.05) is 63.8 Å². The number of fused-ring (bicyclic) bond motifs is 6. The highest BCUT2D eigenvalue weighted by molar-refractivity contribution is 5.89. The number of alkyl carbamates (subject to hydrolysis) is 2. The molecule has 3 heterocycles. The maximum Gasteiger partial charge on any atom is 0.407 e. The molecular formula is C47H54F2N8O6. The van der Waals surface area contributed by atoms with E-state index in [2.05, 4.69) is 25.6 Å². The van der Waals surface area contributed by atoms with Crippen LogP contribution in [0, 0.1) is 17.8 Å². The first-order valence-electron chi connectivity index (χ1n) is 21.6. The van der Waals surface area contributed by atoms with Crippen molar-refractivity contribution in [3.05, 3.63) is 83.6 Å². The number of hydrogen-bond donors (Lipinski definition) is 4. The molecule has 332 valence electrons. The normalized spacial score (nSPS) is 19.2. The molecule has 2 aromatic heterocycles. The third kappa shape index (κ3) is 7.99. The molecule has 0 radical (unpaired) electrons. The summed E-state index contributed by atoms with van der Waals surface area (Å²) in [4.78, 5) is 71.4. The Morgan fingerprint density at radius 2 is 1.48 bits per heavy atom. The van der Waals surface area contributed by atoms with Crippen LogP contribution in [0.1, 0.15) is 89.1 Å². The number of nitrogens with zero attached hydrogens (tertiary/aromatic N) is 4. The molecule has 2 fully saturated rings. The second kappa shape index (κ2) is 17.1. The van der Waals surface area contributed by atoms with Gasteiger partial charge in [0.05, 0.1) is 49.7 Å². The Balaban J connectivity index is 1.02. The quantitative estimate of drug-likeness (QED) is 0.0915. The number of carbonyl (C=O) groups excluding carboxylic acids is 4. The maximum atomic E-state index is 16.5. The molecule has 14 nitrogen and oxygen atoms in total. The van der Waals surface area contributed by atoms with Crippen molar-refractivity contribution in [2.24, 2.45) is 17.8 Å². The zero-order chi connectivity index (χ0) is 44.9. The number of ether oxygens (including phenoxy) is 2. The number of piperidine rings is 1. The molecule has 4 N–H and O–H groups in total. The predicted octanol–water partition coefficient (Wildman–Crippen LogP) is 8.29. The Bertz CT molecular complexity index is 2570. The standard InChI is InChI=1S/C47H54F2N8O6/c1-8-17-56(43(58)39(24(2)3)54-45(60)62-6)23-38-50-22-37(51-38)28-11-15-32-31-14-10-26(19-33(31)47(48,49)34(32)20-28)27-12-16-35-36(21-27)53-42(52-35)41-29-9-13-30(18-29)57(41)44(59)40(25(4)5)55-46(61)63-7/h10-12,14-16,19-22,24-25,29-30,39-41H,8-9,13,17-18,23H2,1-7H3,(H,50,51)(H,52,53)(H,54,60)(H,55,61)/t29-,30+,39-,40-,41-/m0/s1. The van der Waals surface area contributed by atoms with Crippen LogP contribution < -0.4 is 10.6 Å². The number of methoxy groups -OCH3 is 2. The van der Waals surface area contributed by atoms with Gasteiger partial charge in [-0.2, -0.15) is 8.78 Å². The topological polar surface area (TPSA) is 175 Å². The van der Waals surface area contributed by atoms with E-state index in [0.29, 0.717) is 58.1 Å². The van der Waals surface area contributed by atoms with E-state index in [0.717, 1.165) is 30.3 Å². The van der Waals surface area contributed by atoms with Crippen LogP contribution in [-0.4, -0.2) is 92.6 Å². The van der Waals surface area contributed by atoms with E-state index in [1.165, 1.54) is 20.3 Å². The average Bonchev–Trinajstić information content (AvgIpc) is 4.12. The summed E-state index contributed by atoms with van der Waals surface area (Å²) in [6, 6.07) is 14.0. The molecule has 1 saturated carbocycles. The van der Waals surface area contributed by atoms with E-state index < -0.39 is 30.2 Å². The second-order valence-electron chi connectivity index (χ2n) is 17.6. The monoisotopic (exact) mass is 864 g/mol. The van der Waals surface area contributed by atoms with Gasteiger partial charge in [-0.25, -0.2) is 19.6 Å². The number of aromatic nitrogens is 4. The van der Waals surface area contributed by atoms with Crippen LogP contribution in [0.2, 0.25) is 0 Å². The minimum Gasteiger partial charge on any atom is -0.453 e. The SMILES string of the molecule is CCCN(Cc1ncc(-c2ccc3c(c2)C(F)(F)c2cc(-c4ccc5nc([C@@H]6[C@H]7CC[C@H](C7)N6C(=O)[C@@H](NC(=O)OC)C(C)C)[nH]c5c4)ccc2-3)[nH]1)C(=O)[C@@H](NC(=O)OC)C(C)C. The summed E-state index contributed by atoms with van der Waals surface area (Å²) in [7, 11) is 2.52. The van der Waals surface area contributed by atoms with E-state index in [9.17, 15) is 19.2 Å². The number of hydrogen-bond acceptors (Lipinski definition) is 8. The first-order chi connectivity index (χ1) is 30.1. The van der Waals surface area contributed by atoms with E-state index >= 15 is 8.78 Å². The van der Waals surface area contributed by atoms with Gasteiger partial charge in [0.2, 0.25) is 11.8 Å². The fraction of sp³-hybridized carbons (Fsp3) is 0.447. The molecule has 4 amide bonds. The zero-order valence-electron chi connectivity index (χ0n) is 36.6. The number of aromatic amines is 2. The van der Waals surface area contributed by atoms with Gasteiger partial charge in [-0.1, -0.05) is 65.0 Å². The van der Waals surface area contributed by atoms with Gasteiger partial charge in [0.1, 0.15) is 23.7 Å². The van der Waals surface area contributed by atoms with Crippen LogP contribution in [-0.2, 0) is 31.5 Å². The minimum atomic E-state index is -3.29. The third-order valence-electron chi connectivity index (χ3n) is 12.8. The van der Waals surface area contributed by atoms with Crippen LogP contribution in [0.3, 0.4) is 0 Å². The Labute approximate surface area is 364 Å². The Morgan fingerprint density at radius 3 is 2.13 bits per heavy atom. The summed E-state index contributed by atoms with van der Waals surface area (Å²) in [5.74, 6) is -2.73. The molecule has 2 aliphatic carbocycles. The fourth-order valence-electron chi connectivity index (χ4n) is 9.64.